The van der Waals surface area contributed by atoms with Gasteiger partial charge in [-0.3, -0.25) is 0 Å². The Morgan fingerprint density at radius 1 is 1.06 bits per heavy atom. The summed E-state index contributed by atoms with van der Waals surface area (Å²) in [5.41, 5.74) is 1.14. The Hall–Kier alpha value is -1.54. The first kappa shape index (κ1) is 11.0. The van der Waals surface area contributed by atoms with Crippen molar-refractivity contribution in [1.29, 1.82) is 0 Å². The fourth-order valence-corrected chi connectivity index (χ4v) is 1.69. The molecule has 1 aromatic carbocycles. The zero-order valence-corrected chi connectivity index (χ0v) is 9.65. The van der Waals surface area contributed by atoms with Gasteiger partial charge in [-0.2, -0.15) is 0 Å². The second kappa shape index (κ2) is 5.52. The molecule has 1 heterocycles. The highest BCUT2D eigenvalue weighted by Crippen LogP contribution is 2.21. The Bertz CT molecular complexity index is 419. The predicted octanol–water partition coefficient (Wildman–Crippen LogP) is 2.42. The van der Waals surface area contributed by atoms with Crippen molar-refractivity contribution in [2.24, 2.45) is 0 Å². The van der Waals surface area contributed by atoms with Crippen molar-refractivity contribution in [3.05, 3.63) is 48.2 Å². The van der Waals surface area contributed by atoms with Crippen LogP contribution in [0.4, 0.5) is 0 Å². The highest BCUT2D eigenvalue weighted by Gasteiger charge is 2.04. The summed E-state index contributed by atoms with van der Waals surface area (Å²) >= 11 is 0. The second-order valence-corrected chi connectivity index (χ2v) is 3.91. The molecule has 84 valence electrons. The molecule has 0 aliphatic rings. The molecule has 0 spiro atoms. The molecule has 16 heavy (non-hydrogen) atoms. The van der Waals surface area contributed by atoms with Crippen molar-refractivity contribution in [3.63, 3.8) is 0 Å². The van der Waals surface area contributed by atoms with Gasteiger partial charge in [0.15, 0.2) is 5.76 Å². The predicted molar refractivity (Wildman–Crippen MR) is 64.9 cm³/mol. The van der Waals surface area contributed by atoms with E-state index in [9.17, 15) is 0 Å². The van der Waals surface area contributed by atoms with E-state index in [2.05, 4.69) is 30.4 Å². The zero-order chi connectivity index (χ0) is 11.2. The Kier molecular flexibility index (Phi) is 3.78. The molecular formula is C14H18NO+. The van der Waals surface area contributed by atoms with E-state index in [0.29, 0.717) is 0 Å². The van der Waals surface area contributed by atoms with Crippen LogP contribution in [0.1, 0.15) is 19.1 Å². The van der Waals surface area contributed by atoms with Crippen molar-refractivity contribution >= 4 is 0 Å². The first-order valence-electron chi connectivity index (χ1n) is 5.86. The van der Waals surface area contributed by atoms with Crippen LogP contribution in [0.5, 0.6) is 0 Å². The van der Waals surface area contributed by atoms with Crippen LogP contribution in [-0.2, 0) is 6.54 Å². The monoisotopic (exact) mass is 216 g/mol. The lowest BCUT2D eigenvalue weighted by molar-refractivity contribution is -0.672. The van der Waals surface area contributed by atoms with Gasteiger partial charge in [0.25, 0.3) is 0 Å². The number of hydrogen-bond donors (Lipinski definition) is 1. The van der Waals surface area contributed by atoms with E-state index in [1.165, 1.54) is 6.42 Å². The molecule has 1 aromatic heterocycles. The molecule has 0 radical (unpaired) electrons. The highest BCUT2D eigenvalue weighted by atomic mass is 16.3. The van der Waals surface area contributed by atoms with Gasteiger partial charge in [0.05, 0.1) is 6.54 Å². The second-order valence-electron chi connectivity index (χ2n) is 3.91. The largest absolute Gasteiger partial charge is 0.455 e. The molecule has 0 aliphatic heterocycles. The van der Waals surface area contributed by atoms with Crippen molar-refractivity contribution in [1.82, 2.24) is 0 Å². The Morgan fingerprint density at radius 3 is 2.62 bits per heavy atom. The summed E-state index contributed by atoms with van der Waals surface area (Å²) in [6, 6.07) is 14.3. The third kappa shape index (κ3) is 2.74. The fourth-order valence-electron chi connectivity index (χ4n) is 1.69. The maximum atomic E-state index is 5.79. The van der Waals surface area contributed by atoms with Crippen molar-refractivity contribution in [2.45, 2.75) is 19.9 Å². The summed E-state index contributed by atoms with van der Waals surface area (Å²) in [5, 5.41) is 2.27. The first-order chi connectivity index (χ1) is 7.90. The normalized spacial score (nSPS) is 10.6. The third-order valence-corrected chi connectivity index (χ3v) is 2.56. The van der Waals surface area contributed by atoms with E-state index in [0.717, 1.165) is 30.2 Å². The van der Waals surface area contributed by atoms with Crippen LogP contribution in [0.2, 0.25) is 0 Å². The lowest BCUT2D eigenvalue weighted by atomic mass is 10.2. The van der Waals surface area contributed by atoms with E-state index in [1.54, 1.807) is 0 Å². The summed E-state index contributed by atoms with van der Waals surface area (Å²) in [4.78, 5) is 0. The lowest BCUT2D eigenvalue weighted by Gasteiger charge is -1.97. The quantitative estimate of drug-likeness (QED) is 0.764. The Labute approximate surface area is 96.3 Å². The summed E-state index contributed by atoms with van der Waals surface area (Å²) in [6.07, 6.45) is 1.20. The maximum Gasteiger partial charge on any atom is 0.158 e. The first-order valence-corrected chi connectivity index (χ1v) is 5.86. The van der Waals surface area contributed by atoms with E-state index in [4.69, 9.17) is 4.42 Å². The van der Waals surface area contributed by atoms with Crippen LogP contribution in [0.3, 0.4) is 0 Å². The van der Waals surface area contributed by atoms with Gasteiger partial charge in [-0.25, -0.2) is 0 Å². The van der Waals surface area contributed by atoms with Crippen LogP contribution in [0.25, 0.3) is 11.3 Å². The molecule has 0 aliphatic carbocycles. The number of nitrogens with two attached hydrogens (primary N) is 1. The summed E-state index contributed by atoms with van der Waals surface area (Å²) in [5.74, 6) is 2.01. The van der Waals surface area contributed by atoms with E-state index < -0.39 is 0 Å². The number of furan rings is 1. The SMILES string of the molecule is CCC[NH2+]Cc1ccc(-c2ccccc2)o1. The molecule has 0 atom stereocenters. The van der Waals surface area contributed by atoms with Crippen LogP contribution < -0.4 is 5.32 Å². The summed E-state index contributed by atoms with van der Waals surface area (Å²) in [7, 11) is 0. The molecule has 2 aromatic rings. The molecule has 0 bridgehead atoms. The molecule has 0 saturated heterocycles. The van der Waals surface area contributed by atoms with Gasteiger partial charge in [-0.05, 0) is 18.6 Å². The molecule has 2 nitrogen and oxygen atoms in total. The number of quaternary nitrogens is 1. The minimum absolute atomic E-state index is 0.931. The van der Waals surface area contributed by atoms with Gasteiger partial charge in [-0.15, -0.1) is 0 Å². The average molecular weight is 216 g/mol. The lowest BCUT2D eigenvalue weighted by Crippen LogP contribution is -2.82. The molecule has 0 unspecified atom stereocenters. The number of rotatable bonds is 5. The highest BCUT2D eigenvalue weighted by molar-refractivity contribution is 5.57. The van der Waals surface area contributed by atoms with E-state index in [-0.39, 0.29) is 0 Å². The molecule has 0 fully saturated rings. The van der Waals surface area contributed by atoms with E-state index >= 15 is 0 Å². The average Bonchev–Trinajstić information content (AvgIpc) is 2.79. The fraction of sp³-hybridized carbons (Fsp3) is 0.286. The smallest absolute Gasteiger partial charge is 0.158 e. The van der Waals surface area contributed by atoms with Gasteiger partial charge in [-0.1, -0.05) is 37.3 Å². The van der Waals surface area contributed by atoms with Gasteiger partial charge < -0.3 is 9.73 Å². The topological polar surface area (TPSA) is 29.8 Å². The molecule has 2 rings (SSSR count). The van der Waals surface area contributed by atoms with Gasteiger partial charge in [0, 0.05) is 5.56 Å². The van der Waals surface area contributed by atoms with Gasteiger partial charge in [0.1, 0.15) is 12.3 Å². The summed E-state index contributed by atoms with van der Waals surface area (Å²) in [6.45, 7) is 4.27. The van der Waals surface area contributed by atoms with Crippen LogP contribution >= 0.6 is 0 Å². The molecule has 2 heteroatoms. The van der Waals surface area contributed by atoms with Crippen LogP contribution in [-0.4, -0.2) is 6.54 Å². The summed E-state index contributed by atoms with van der Waals surface area (Å²) < 4.78 is 5.79. The zero-order valence-electron chi connectivity index (χ0n) is 9.65. The van der Waals surface area contributed by atoms with Crippen molar-refractivity contribution in [2.75, 3.05) is 6.54 Å². The minimum atomic E-state index is 0.931. The number of benzene rings is 1. The Balaban J connectivity index is 2.02. The Morgan fingerprint density at radius 2 is 1.88 bits per heavy atom. The van der Waals surface area contributed by atoms with Crippen LogP contribution in [0.15, 0.2) is 46.9 Å². The third-order valence-electron chi connectivity index (χ3n) is 2.56. The minimum Gasteiger partial charge on any atom is -0.455 e. The van der Waals surface area contributed by atoms with Gasteiger partial charge in [0.2, 0.25) is 0 Å². The van der Waals surface area contributed by atoms with Crippen LogP contribution in [0, 0.1) is 0 Å². The van der Waals surface area contributed by atoms with Crippen molar-refractivity contribution < 1.29 is 9.73 Å². The molecule has 0 amide bonds. The molecule has 0 saturated carbocycles. The number of hydrogen-bond acceptors (Lipinski definition) is 1. The molecular weight excluding hydrogens is 198 g/mol. The standard InChI is InChI=1S/C14H17NO/c1-2-10-15-11-13-8-9-14(16-13)12-6-4-3-5-7-12/h3-9,15H,2,10-11H2,1H3/p+1. The molecule has 2 N–H and O–H groups in total. The van der Waals surface area contributed by atoms with Crippen molar-refractivity contribution in [3.8, 4) is 11.3 Å². The van der Waals surface area contributed by atoms with Gasteiger partial charge >= 0.3 is 0 Å². The maximum absolute atomic E-state index is 5.79. The van der Waals surface area contributed by atoms with E-state index in [1.807, 2.05) is 24.3 Å².